The third-order valence-electron chi connectivity index (χ3n) is 2.83. The number of anilines is 3. The van der Waals surface area contributed by atoms with Crippen LogP contribution in [0, 0.1) is 10.1 Å². The van der Waals surface area contributed by atoms with Gasteiger partial charge in [0.25, 0.3) is 0 Å². The predicted octanol–water partition coefficient (Wildman–Crippen LogP) is 2.35. The van der Waals surface area contributed by atoms with Crippen molar-refractivity contribution in [1.29, 1.82) is 0 Å². The molecule has 0 radical (unpaired) electrons. The van der Waals surface area contributed by atoms with E-state index in [0.717, 1.165) is 0 Å². The lowest BCUT2D eigenvalue weighted by Crippen LogP contribution is -2.14. The summed E-state index contributed by atoms with van der Waals surface area (Å²) < 4.78 is 5.14. The molecule has 0 saturated carbocycles. The summed E-state index contributed by atoms with van der Waals surface area (Å²) in [6, 6.07) is 9.89. The zero-order valence-electron chi connectivity index (χ0n) is 11.1. The molecule has 1 heterocycles. The Hall–Kier alpha value is -2.83. The summed E-state index contributed by atoms with van der Waals surface area (Å²) in [4.78, 5) is 16.2. The SMILES string of the molecule is COc1cccc(N(C)c2nc(N)ccc2[N+](=O)[O-])c1. The van der Waals surface area contributed by atoms with Crippen molar-refractivity contribution in [3.05, 3.63) is 46.5 Å². The Balaban J connectivity index is 2.49. The van der Waals surface area contributed by atoms with E-state index in [0.29, 0.717) is 11.4 Å². The van der Waals surface area contributed by atoms with Crippen molar-refractivity contribution in [3.63, 3.8) is 0 Å². The lowest BCUT2D eigenvalue weighted by Gasteiger charge is -2.19. The van der Waals surface area contributed by atoms with E-state index < -0.39 is 4.92 Å². The molecular weight excluding hydrogens is 260 g/mol. The van der Waals surface area contributed by atoms with Gasteiger partial charge in [-0.15, -0.1) is 0 Å². The molecule has 0 aliphatic rings. The van der Waals surface area contributed by atoms with E-state index >= 15 is 0 Å². The van der Waals surface area contributed by atoms with E-state index in [1.165, 1.54) is 12.1 Å². The first-order chi connectivity index (χ1) is 9.52. The first kappa shape index (κ1) is 13.6. The number of ether oxygens (including phenoxy) is 1. The number of methoxy groups -OCH3 is 1. The van der Waals surface area contributed by atoms with Gasteiger partial charge in [-0.3, -0.25) is 10.1 Å². The van der Waals surface area contributed by atoms with Gasteiger partial charge in [-0.05, 0) is 18.2 Å². The number of pyridine rings is 1. The van der Waals surface area contributed by atoms with Crippen LogP contribution in [-0.2, 0) is 0 Å². The van der Waals surface area contributed by atoms with Crippen LogP contribution in [0.25, 0.3) is 0 Å². The highest BCUT2D eigenvalue weighted by Crippen LogP contribution is 2.32. The number of nitrogens with two attached hydrogens (primary N) is 1. The zero-order chi connectivity index (χ0) is 14.7. The Bertz CT molecular complexity index is 645. The number of hydrogen-bond acceptors (Lipinski definition) is 6. The van der Waals surface area contributed by atoms with Gasteiger partial charge in [-0.25, -0.2) is 4.98 Å². The van der Waals surface area contributed by atoms with E-state index in [9.17, 15) is 10.1 Å². The summed E-state index contributed by atoms with van der Waals surface area (Å²) in [7, 11) is 3.24. The molecule has 0 bridgehead atoms. The van der Waals surface area contributed by atoms with Crippen LogP contribution in [0.2, 0.25) is 0 Å². The number of aromatic nitrogens is 1. The van der Waals surface area contributed by atoms with Gasteiger partial charge in [-0.2, -0.15) is 0 Å². The average molecular weight is 274 g/mol. The maximum atomic E-state index is 11.1. The maximum absolute atomic E-state index is 11.1. The number of rotatable bonds is 4. The third kappa shape index (κ3) is 2.61. The summed E-state index contributed by atoms with van der Waals surface area (Å²) >= 11 is 0. The molecule has 0 saturated heterocycles. The van der Waals surface area contributed by atoms with Gasteiger partial charge in [0.1, 0.15) is 11.6 Å². The van der Waals surface area contributed by atoms with E-state index in [4.69, 9.17) is 10.5 Å². The fourth-order valence-corrected chi connectivity index (χ4v) is 1.79. The van der Waals surface area contributed by atoms with Crippen LogP contribution in [-0.4, -0.2) is 24.1 Å². The van der Waals surface area contributed by atoms with Crippen LogP contribution in [0.1, 0.15) is 0 Å². The Morgan fingerprint density at radius 3 is 2.75 bits per heavy atom. The van der Waals surface area contributed by atoms with Gasteiger partial charge < -0.3 is 15.4 Å². The predicted molar refractivity (Wildman–Crippen MR) is 76.4 cm³/mol. The first-order valence-electron chi connectivity index (χ1n) is 5.81. The first-order valence-corrected chi connectivity index (χ1v) is 5.81. The molecule has 2 N–H and O–H groups in total. The minimum atomic E-state index is -0.488. The molecule has 2 aromatic rings. The second-order valence-corrected chi connectivity index (χ2v) is 4.10. The minimum Gasteiger partial charge on any atom is -0.497 e. The Morgan fingerprint density at radius 2 is 2.10 bits per heavy atom. The second kappa shape index (κ2) is 5.43. The van der Waals surface area contributed by atoms with E-state index in [1.54, 1.807) is 43.3 Å². The van der Waals surface area contributed by atoms with Crippen molar-refractivity contribution >= 4 is 23.0 Å². The molecule has 0 spiro atoms. The van der Waals surface area contributed by atoms with Crippen LogP contribution in [0.4, 0.5) is 23.0 Å². The molecule has 0 unspecified atom stereocenters. The van der Waals surface area contributed by atoms with Gasteiger partial charge in [0.05, 0.1) is 12.0 Å². The Labute approximate surface area is 115 Å². The number of benzene rings is 1. The molecule has 0 aliphatic carbocycles. The van der Waals surface area contributed by atoms with E-state index in [2.05, 4.69) is 4.98 Å². The van der Waals surface area contributed by atoms with Crippen LogP contribution >= 0.6 is 0 Å². The Kier molecular flexibility index (Phi) is 3.69. The van der Waals surface area contributed by atoms with Crippen molar-refractivity contribution in [2.24, 2.45) is 0 Å². The van der Waals surface area contributed by atoms with Crippen molar-refractivity contribution in [1.82, 2.24) is 4.98 Å². The zero-order valence-corrected chi connectivity index (χ0v) is 11.1. The second-order valence-electron chi connectivity index (χ2n) is 4.10. The van der Waals surface area contributed by atoms with Crippen molar-refractivity contribution in [3.8, 4) is 5.75 Å². The highest BCUT2D eigenvalue weighted by molar-refractivity contribution is 5.70. The number of nitro groups is 1. The van der Waals surface area contributed by atoms with Crippen molar-refractivity contribution < 1.29 is 9.66 Å². The number of nitrogen functional groups attached to an aromatic ring is 1. The lowest BCUT2D eigenvalue weighted by atomic mass is 10.2. The minimum absolute atomic E-state index is 0.107. The maximum Gasteiger partial charge on any atom is 0.312 e. The van der Waals surface area contributed by atoms with E-state index in [-0.39, 0.29) is 17.3 Å². The Morgan fingerprint density at radius 1 is 1.35 bits per heavy atom. The highest BCUT2D eigenvalue weighted by Gasteiger charge is 2.20. The van der Waals surface area contributed by atoms with Crippen LogP contribution in [0.3, 0.4) is 0 Å². The summed E-state index contributed by atoms with van der Waals surface area (Å²) in [5.41, 5.74) is 6.22. The van der Waals surface area contributed by atoms with Gasteiger partial charge >= 0.3 is 5.69 Å². The number of hydrogen-bond donors (Lipinski definition) is 1. The quantitative estimate of drug-likeness (QED) is 0.679. The summed E-state index contributed by atoms with van der Waals surface area (Å²) in [6.45, 7) is 0. The molecule has 7 nitrogen and oxygen atoms in total. The number of nitrogens with zero attached hydrogens (tertiary/aromatic N) is 3. The molecule has 20 heavy (non-hydrogen) atoms. The van der Waals surface area contributed by atoms with Crippen molar-refractivity contribution in [2.45, 2.75) is 0 Å². The summed E-state index contributed by atoms with van der Waals surface area (Å²) in [6.07, 6.45) is 0. The monoisotopic (exact) mass is 274 g/mol. The van der Waals surface area contributed by atoms with Crippen molar-refractivity contribution in [2.75, 3.05) is 24.8 Å². The summed E-state index contributed by atoms with van der Waals surface area (Å²) in [5, 5.41) is 11.1. The molecule has 0 amide bonds. The molecule has 0 fully saturated rings. The normalized spacial score (nSPS) is 10.1. The van der Waals surface area contributed by atoms with Crippen LogP contribution in [0.5, 0.6) is 5.75 Å². The van der Waals surface area contributed by atoms with Crippen LogP contribution in [0.15, 0.2) is 36.4 Å². The fourth-order valence-electron chi connectivity index (χ4n) is 1.79. The average Bonchev–Trinajstić information content (AvgIpc) is 2.46. The largest absolute Gasteiger partial charge is 0.497 e. The molecule has 1 aromatic carbocycles. The highest BCUT2D eigenvalue weighted by atomic mass is 16.6. The molecule has 2 rings (SSSR count). The molecule has 1 aromatic heterocycles. The van der Waals surface area contributed by atoms with Gasteiger partial charge in [0.2, 0.25) is 5.82 Å². The molecule has 0 atom stereocenters. The topological polar surface area (TPSA) is 94.5 Å². The smallest absolute Gasteiger partial charge is 0.312 e. The standard InChI is InChI=1S/C13H14N4O3/c1-16(9-4-3-5-10(8-9)20-2)13-11(17(18)19)6-7-12(14)15-13/h3-8H,1-2H3,(H2,14,15). The lowest BCUT2D eigenvalue weighted by molar-refractivity contribution is -0.384. The van der Waals surface area contributed by atoms with Gasteiger partial charge in [0, 0.05) is 24.9 Å². The molecule has 7 heteroatoms. The molecule has 0 aliphatic heterocycles. The molecular formula is C13H14N4O3. The summed E-state index contributed by atoms with van der Waals surface area (Å²) in [5.74, 6) is 1.06. The molecule has 104 valence electrons. The fraction of sp³-hybridized carbons (Fsp3) is 0.154. The van der Waals surface area contributed by atoms with Gasteiger partial charge in [-0.1, -0.05) is 6.07 Å². The van der Waals surface area contributed by atoms with Crippen LogP contribution < -0.4 is 15.4 Å². The van der Waals surface area contributed by atoms with Gasteiger partial charge in [0.15, 0.2) is 0 Å². The third-order valence-corrected chi connectivity index (χ3v) is 2.83. The van der Waals surface area contributed by atoms with E-state index in [1.807, 2.05) is 0 Å².